The molecule has 0 spiro atoms. The number of piperidine rings is 2. The lowest BCUT2D eigenvalue weighted by atomic mass is 9.89. The van der Waals surface area contributed by atoms with Crippen molar-refractivity contribution in [3.05, 3.63) is 88.2 Å². The van der Waals surface area contributed by atoms with Crippen LogP contribution in [0.5, 0.6) is 5.88 Å². The Balaban J connectivity index is 0.957. The van der Waals surface area contributed by atoms with Crippen molar-refractivity contribution in [2.45, 2.75) is 70.4 Å². The summed E-state index contributed by atoms with van der Waals surface area (Å²) in [4.78, 5) is 67.1. The maximum absolute atomic E-state index is 15.2. The van der Waals surface area contributed by atoms with Gasteiger partial charge in [-0.2, -0.15) is 10.1 Å². The summed E-state index contributed by atoms with van der Waals surface area (Å²) in [5, 5.41) is 9.88. The number of methoxy groups -OCH3 is 1. The van der Waals surface area contributed by atoms with E-state index in [1.54, 1.807) is 48.1 Å². The minimum atomic E-state index is -1.05. The third-order valence-corrected chi connectivity index (χ3v) is 12.4. The van der Waals surface area contributed by atoms with Gasteiger partial charge in [0.2, 0.25) is 23.7 Å². The summed E-state index contributed by atoms with van der Waals surface area (Å²) in [5.74, 6) is -3.30. The van der Waals surface area contributed by atoms with Crippen molar-refractivity contribution < 1.29 is 37.4 Å². The van der Waals surface area contributed by atoms with Gasteiger partial charge < -0.3 is 29.5 Å². The molecular formula is C45H51F2N9O6. The molecule has 2 aromatic carbocycles. The fourth-order valence-corrected chi connectivity index (χ4v) is 9.01. The van der Waals surface area contributed by atoms with Crippen molar-refractivity contribution in [3.63, 3.8) is 0 Å². The number of likely N-dealkylation sites (tertiary alicyclic amines) is 1. The normalized spacial score (nSPS) is 22.8. The Morgan fingerprint density at radius 2 is 1.82 bits per heavy atom. The summed E-state index contributed by atoms with van der Waals surface area (Å²) in [6, 6.07) is 11.1. The number of halogens is 2. The molecule has 6 heterocycles. The van der Waals surface area contributed by atoms with Crippen LogP contribution in [-0.2, 0) is 27.8 Å². The summed E-state index contributed by atoms with van der Waals surface area (Å²) in [7, 11) is 5.20. The third kappa shape index (κ3) is 8.68. The summed E-state index contributed by atoms with van der Waals surface area (Å²) in [6.07, 6.45) is 4.01. The zero-order chi connectivity index (χ0) is 43.8. The van der Waals surface area contributed by atoms with Gasteiger partial charge in [-0.25, -0.2) is 13.5 Å². The fraction of sp³-hybridized carbons (Fsp3) is 0.444. The molecule has 326 valence electrons. The highest BCUT2D eigenvalue weighted by molar-refractivity contribution is 6.19. The van der Waals surface area contributed by atoms with Crippen LogP contribution in [0.15, 0.2) is 53.7 Å². The first-order chi connectivity index (χ1) is 29.8. The number of ether oxygens (including phenoxy) is 2. The summed E-state index contributed by atoms with van der Waals surface area (Å²) in [5.41, 5.74) is 4.37. The topological polar surface area (TPSA) is 164 Å². The maximum Gasteiger partial charge on any atom is 0.280 e. The SMILES string of the molecule is CO[C@H]1CN(CCc2cc(F)c([C@H]3CCC(=O)NC3=O)c(F)c2)CC[C@H]1N(C)C(=O)c1ccc2c(c1)N1C[C@H](C)CCCOc3c(cnn3C)-c3cc(cc(C)n3)C(=O)/N=C/1N2. The number of carbonyl (C=O) groups is 4. The monoisotopic (exact) mass is 851 g/mol. The molecule has 2 aromatic heterocycles. The number of nitrogens with one attached hydrogen (secondary N) is 2. The van der Waals surface area contributed by atoms with Crippen LogP contribution in [0, 0.1) is 24.5 Å². The fourth-order valence-electron chi connectivity index (χ4n) is 9.01. The van der Waals surface area contributed by atoms with Gasteiger partial charge in [-0.05, 0) is 93.0 Å². The minimum absolute atomic E-state index is 0.0250. The van der Waals surface area contributed by atoms with Crippen molar-refractivity contribution in [3.8, 4) is 17.1 Å². The van der Waals surface area contributed by atoms with Crippen LogP contribution in [0.3, 0.4) is 0 Å². The van der Waals surface area contributed by atoms with Crippen LogP contribution in [-0.4, -0.2) is 113 Å². The summed E-state index contributed by atoms with van der Waals surface area (Å²) < 4.78 is 44.2. The van der Waals surface area contributed by atoms with E-state index in [0.29, 0.717) is 91.1 Å². The van der Waals surface area contributed by atoms with Gasteiger partial charge in [-0.15, -0.1) is 0 Å². The number of hydrogen-bond donors (Lipinski definition) is 2. The first-order valence-electron chi connectivity index (χ1n) is 21.1. The molecule has 8 rings (SSSR count). The van der Waals surface area contributed by atoms with Gasteiger partial charge in [0.15, 0.2) is 0 Å². The molecule has 0 radical (unpaired) electrons. The molecule has 4 amide bonds. The number of aliphatic imine (C=N–C) groups is 1. The van der Waals surface area contributed by atoms with Gasteiger partial charge in [0.1, 0.15) is 11.6 Å². The Bertz CT molecular complexity index is 2430. The van der Waals surface area contributed by atoms with E-state index in [-0.39, 0.29) is 42.4 Å². The van der Waals surface area contributed by atoms with Crippen LogP contribution in [0.2, 0.25) is 0 Å². The van der Waals surface area contributed by atoms with Gasteiger partial charge in [-0.1, -0.05) is 6.92 Å². The average molecular weight is 852 g/mol. The molecule has 15 nitrogen and oxygen atoms in total. The van der Waals surface area contributed by atoms with Crippen LogP contribution in [0.25, 0.3) is 11.3 Å². The number of imide groups is 1. The smallest absolute Gasteiger partial charge is 0.280 e. The standard InChI is InChI=1S/C45H51F2N9O6/c1-25-7-6-16-62-44-31(22-48-54(44)4)35-20-29(17-26(2)49-35)41(58)52-45-50-34-10-8-28(21-37(34)56(45)23-25)43(60)53(3)36-13-15-55(24-38(36)61-5)14-12-27-18-32(46)40(33(47)19-27)30-9-11-39(57)51-42(30)59/h8,10,17-22,25,30,36,38H,6-7,9,11-16,23-24H2,1-5H3,(H,50,52,58)(H,51,57,59)/t25-,30-,36-,38+/m1/s1. The Morgan fingerprint density at radius 1 is 1.03 bits per heavy atom. The third-order valence-electron chi connectivity index (χ3n) is 12.4. The molecule has 2 saturated heterocycles. The van der Waals surface area contributed by atoms with Crippen LogP contribution in [0.1, 0.15) is 82.5 Å². The molecule has 0 saturated carbocycles. The number of hydrogen-bond acceptors (Lipinski definition) is 11. The van der Waals surface area contributed by atoms with Gasteiger partial charge in [0.05, 0.1) is 53.5 Å². The highest BCUT2D eigenvalue weighted by atomic mass is 19.1. The Hall–Kier alpha value is -6.07. The highest BCUT2D eigenvalue weighted by Crippen LogP contribution is 2.37. The molecule has 17 heteroatoms. The van der Waals surface area contributed by atoms with E-state index >= 15 is 8.78 Å². The number of aryl methyl sites for hydroxylation is 2. The number of nitrogens with zero attached hydrogens (tertiary/aromatic N) is 7. The zero-order valence-electron chi connectivity index (χ0n) is 35.5. The highest BCUT2D eigenvalue weighted by Gasteiger charge is 2.37. The quantitative estimate of drug-likeness (QED) is 0.234. The molecule has 4 aliphatic heterocycles. The average Bonchev–Trinajstić information content (AvgIpc) is 3.78. The second-order valence-electron chi connectivity index (χ2n) is 16.7. The second kappa shape index (κ2) is 17.7. The number of amides is 4. The molecule has 2 bridgehead atoms. The van der Waals surface area contributed by atoms with Crippen LogP contribution < -0.4 is 20.3 Å². The summed E-state index contributed by atoms with van der Waals surface area (Å²) in [6.45, 7) is 6.59. The molecule has 0 unspecified atom stereocenters. The van der Waals surface area contributed by atoms with Crippen molar-refractivity contribution >= 4 is 41.0 Å². The molecule has 4 aliphatic rings. The predicted octanol–water partition coefficient (Wildman–Crippen LogP) is 5.23. The van der Waals surface area contributed by atoms with E-state index in [4.69, 9.17) is 9.47 Å². The van der Waals surface area contributed by atoms with Gasteiger partial charge in [-0.3, -0.25) is 29.5 Å². The molecule has 2 N–H and O–H groups in total. The first-order valence-corrected chi connectivity index (χ1v) is 21.1. The van der Waals surface area contributed by atoms with E-state index in [9.17, 15) is 19.2 Å². The molecular weight excluding hydrogens is 801 g/mol. The number of anilines is 2. The number of aromatic nitrogens is 3. The van der Waals surface area contributed by atoms with Crippen molar-refractivity contribution in [2.75, 3.05) is 57.2 Å². The number of likely N-dealkylation sites (N-methyl/N-ethyl adjacent to an activating group) is 1. The lowest BCUT2D eigenvalue weighted by Gasteiger charge is -2.42. The zero-order valence-corrected chi connectivity index (χ0v) is 35.5. The largest absolute Gasteiger partial charge is 0.477 e. The molecule has 2 fully saturated rings. The Labute approximate surface area is 358 Å². The lowest BCUT2D eigenvalue weighted by Crippen LogP contribution is -2.55. The number of rotatable bonds is 7. The van der Waals surface area contributed by atoms with E-state index in [1.807, 2.05) is 31.0 Å². The molecule has 0 aliphatic carbocycles. The van der Waals surface area contributed by atoms with Gasteiger partial charge >= 0.3 is 0 Å². The van der Waals surface area contributed by atoms with Crippen LogP contribution >= 0.6 is 0 Å². The second-order valence-corrected chi connectivity index (χ2v) is 16.7. The van der Waals surface area contributed by atoms with E-state index in [1.165, 1.54) is 12.1 Å². The number of benzene rings is 2. The molecule has 62 heavy (non-hydrogen) atoms. The number of pyridine rings is 1. The molecule has 4 aromatic rings. The molecule has 4 atom stereocenters. The van der Waals surface area contributed by atoms with E-state index in [0.717, 1.165) is 24.2 Å². The van der Waals surface area contributed by atoms with Crippen molar-refractivity contribution in [1.82, 2.24) is 29.9 Å². The van der Waals surface area contributed by atoms with Gasteiger partial charge in [0.25, 0.3) is 11.8 Å². The van der Waals surface area contributed by atoms with Crippen molar-refractivity contribution in [2.24, 2.45) is 18.0 Å². The Morgan fingerprint density at radius 3 is 2.58 bits per heavy atom. The Kier molecular flexibility index (Phi) is 12.2. The van der Waals surface area contributed by atoms with Gasteiger partial charge in [0, 0.05) is 76.2 Å². The number of carbonyl (C=O) groups excluding carboxylic acids is 4. The number of guanidine groups is 1. The predicted molar refractivity (Wildman–Crippen MR) is 227 cm³/mol. The maximum atomic E-state index is 15.2. The minimum Gasteiger partial charge on any atom is -0.477 e. The van der Waals surface area contributed by atoms with E-state index in [2.05, 4.69) is 37.5 Å². The lowest BCUT2D eigenvalue weighted by molar-refractivity contribution is -0.134. The van der Waals surface area contributed by atoms with Crippen LogP contribution in [0.4, 0.5) is 20.2 Å². The first kappa shape index (κ1) is 42.6. The number of fused-ring (bicyclic) bond motifs is 7. The summed E-state index contributed by atoms with van der Waals surface area (Å²) >= 11 is 0. The van der Waals surface area contributed by atoms with Crippen molar-refractivity contribution in [1.29, 1.82) is 0 Å². The van der Waals surface area contributed by atoms with E-state index < -0.39 is 35.3 Å².